The fourth-order valence-electron chi connectivity index (χ4n) is 1.88. The van der Waals surface area contributed by atoms with Crippen molar-refractivity contribution in [2.45, 2.75) is 27.3 Å². The number of aromatic nitrogens is 2. The number of nitrogens with zero attached hydrogens (tertiary/aromatic N) is 2. The molecular formula is C16H19N3O2. The van der Waals surface area contributed by atoms with Gasteiger partial charge in [-0.1, -0.05) is 31.5 Å². The molecule has 1 N–H and O–H groups in total. The van der Waals surface area contributed by atoms with Crippen LogP contribution in [0.2, 0.25) is 0 Å². The maximum atomic E-state index is 12.2. The van der Waals surface area contributed by atoms with Crippen molar-refractivity contribution in [1.29, 1.82) is 0 Å². The molecule has 0 unspecified atom stereocenters. The van der Waals surface area contributed by atoms with Crippen LogP contribution in [0, 0.1) is 12.8 Å². The molecular weight excluding hydrogens is 266 g/mol. The molecule has 0 aliphatic heterocycles. The minimum Gasteiger partial charge on any atom is -0.321 e. The quantitative estimate of drug-likeness (QED) is 0.938. The number of hydrogen-bond donors (Lipinski definition) is 1. The summed E-state index contributed by atoms with van der Waals surface area (Å²) in [7, 11) is 0. The van der Waals surface area contributed by atoms with Gasteiger partial charge in [-0.2, -0.15) is 5.10 Å². The average molecular weight is 285 g/mol. The van der Waals surface area contributed by atoms with Gasteiger partial charge in [0.25, 0.3) is 11.5 Å². The zero-order chi connectivity index (χ0) is 15.4. The van der Waals surface area contributed by atoms with Gasteiger partial charge >= 0.3 is 0 Å². The maximum Gasteiger partial charge on any atom is 0.276 e. The van der Waals surface area contributed by atoms with Gasteiger partial charge in [0.2, 0.25) is 0 Å². The molecule has 0 bridgehead atoms. The molecule has 0 aliphatic rings. The molecule has 1 aromatic heterocycles. The molecule has 1 amide bonds. The summed E-state index contributed by atoms with van der Waals surface area (Å²) in [6.07, 6.45) is 0. The summed E-state index contributed by atoms with van der Waals surface area (Å²) < 4.78 is 1.33. The van der Waals surface area contributed by atoms with Crippen molar-refractivity contribution in [3.63, 3.8) is 0 Å². The van der Waals surface area contributed by atoms with E-state index in [2.05, 4.69) is 10.4 Å². The highest BCUT2D eigenvalue weighted by molar-refractivity contribution is 6.02. The van der Waals surface area contributed by atoms with Crippen molar-refractivity contribution in [2.24, 2.45) is 5.92 Å². The van der Waals surface area contributed by atoms with E-state index in [4.69, 9.17) is 0 Å². The summed E-state index contributed by atoms with van der Waals surface area (Å²) in [5.74, 6) is -0.0398. The standard InChI is InChI=1S/C16H19N3O2/c1-11(2)10-19-15(20)9-8-14(18-19)16(21)17-13-6-4-12(3)5-7-13/h4-9,11H,10H2,1-3H3,(H,17,21). The van der Waals surface area contributed by atoms with Crippen molar-refractivity contribution in [3.05, 3.63) is 58.0 Å². The summed E-state index contributed by atoms with van der Waals surface area (Å²) in [6.45, 7) is 6.46. The molecule has 1 aromatic carbocycles. The Balaban J connectivity index is 2.19. The predicted octanol–water partition coefficient (Wildman–Crippen LogP) is 2.46. The van der Waals surface area contributed by atoms with E-state index in [0.29, 0.717) is 12.2 Å². The lowest BCUT2D eigenvalue weighted by atomic mass is 10.2. The molecule has 0 atom stereocenters. The smallest absolute Gasteiger partial charge is 0.276 e. The summed E-state index contributed by atoms with van der Waals surface area (Å²) in [6, 6.07) is 10.3. The van der Waals surface area contributed by atoms with Crippen LogP contribution in [0.3, 0.4) is 0 Å². The fraction of sp³-hybridized carbons (Fsp3) is 0.312. The van der Waals surface area contributed by atoms with Gasteiger partial charge in [0.05, 0.1) is 0 Å². The van der Waals surface area contributed by atoms with Crippen LogP contribution in [0.1, 0.15) is 29.9 Å². The number of anilines is 1. The highest BCUT2D eigenvalue weighted by atomic mass is 16.2. The van der Waals surface area contributed by atoms with E-state index in [1.165, 1.54) is 16.8 Å². The van der Waals surface area contributed by atoms with Crippen molar-refractivity contribution >= 4 is 11.6 Å². The van der Waals surface area contributed by atoms with Crippen molar-refractivity contribution in [2.75, 3.05) is 5.32 Å². The summed E-state index contributed by atoms with van der Waals surface area (Å²) >= 11 is 0. The number of nitrogens with one attached hydrogen (secondary N) is 1. The van der Waals surface area contributed by atoms with Gasteiger partial charge in [-0.05, 0) is 31.0 Å². The Morgan fingerprint density at radius 1 is 1.19 bits per heavy atom. The van der Waals surface area contributed by atoms with Crippen molar-refractivity contribution in [1.82, 2.24) is 9.78 Å². The summed E-state index contributed by atoms with van der Waals surface area (Å²) in [5.41, 5.74) is 1.86. The normalized spacial score (nSPS) is 10.7. The molecule has 0 spiro atoms. The Labute approximate surface area is 123 Å². The number of carbonyl (C=O) groups excluding carboxylic acids is 1. The molecule has 0 saturated carbocycles. The Morgan fingerprint density at radius 2 is 1.86 bits per heavy atom. The van der Waals surface area contributed by atoms with Crippen LogP contribution in [0.15, 0.2) is 41.2 Å². The first-order chi connectivity index (χ1) is 9.95. The van der Waals surface area contributed by atoms with Gasteiger partial charge in [0.15, 0.2) is 0 Å². The zero-order valence-corrected chi connectivity index (χ0v) is 12.5. The van der Waals surface area contributed by atoms with Crippen LogP contribution in [0.4, 0.5) is 5.69 Å². The third kappa shape index (κ3) is 4.02. The summed E-state index contributed by atoms with van der Waals surface area (Å²) in [4.78, 5) is 23.9. The average Bonchev–Trinajstić information content (AvgIpc) is 2.43. The number of aryl methyl sites for hydroxylation is 1. The third-order valence-electron chi connectivity index (χ3n) is 2.95. The highest BCUT2D eigenvalue weighted by Gasteiger charge is 2.10. The van der Waals surface area contributed by atoms with Crippen LogP contribution in [0.5, 0.6) is 0 Å². The number of hydrogen-bond acceptors (Lipinski definition) is 3. The van der Waals surface area contributed by atoms with Crippen LogP contribution in [-0.2, 0) is 6.54 Å². The Morgan fingerprint density at radius 3 is 2.48 bits per heavy atom. The number of carbonyl (C=O) groups is 1. The van der Waals surface area contributed by atoms with E-state index in [9.17, 15) is 9.59 Å². The van der Waals surface area contributed by atoms with E-state index in [-0.39, 0.29) is 23.1 Å². The second-order valence-corrected chi connectivity index (χ2v) is 5.45. The van der Waals surface area contributed by atoms with E-state index >= 15 is 0 Å². The molecule has 0 saturated heterocycles. The number of rotatable bonds is 4. The van der Waals surface area contributed by atoms with Gasteiger partial charge in [0.1, 0.15) is 5.69 Å². The highest BCUT2D eigenvalue weighted by Crippen LogP contribution is 2.09. The third-order valence-corrected chi connectivity index (χ3v) is 2.95. The molecule has 1 heterocycles. The number of benzene rings is 1. The Kier molecular flexibility index (Phi) is 4.52. The lowest BCUT2D eigenvalue weighted by molar-refractivity contribution is 0.101. The molecule has 21 heavy (non-hydrogen) atoms. The molecule has 110 valence electrons. The molecule has 2 rings (SSSR count). The first kappa shape index (κ1) is 15.0. The van der Waals surface area contributed by atoms with Gasteiger partial charge in [-0.25, -0.2) is 4.68 Å². The topological polar surface area (TPSA) is 64.0 Å². The van der Waals surface area contributed by atoms with E-state index in [1.807, 2.05) is 45.0 Å². The summed E-state index contributed by atoms with van der Waals surface area (Å²) in [5, 5.41) is 6.89. The minimum atomic E-state index is -0.323. The molecule has 0 radical (unpaired) electrons. The van der Waals surface area contributed by atoms with Crippen LogP contribution < -0.4 is 10.9 Å². The first-order valence-corrected chi connectivity index (χ1v) is 6.92. The maximum absolute atomic E-state index is 12.2. The van der Waals surface area contributed by atoms with Gasteiger partial charge in [0, 0.05) is 18.3 Å². The second-order valence-electron chi connectivity index (χ2n) is 5.45. The number of amides is 1. The van der Waals surface area contributed by atoms with Crippen LogP contribution in [-0.4, -0.2) is 15.7 Å². The van der Waals surface area contributed by atoms with Crippen LogP contribution >= 0.6 is 0 Å². The van der Waals surface area contributed by atoms with Crippen LogP contribution in [0.25, 0.3) is 0 Å². The lowest BCUT2D eigenvalue weighted by Crippen LogP contribution is -2.27. The van der Waals surface area contributed by atoms with Crippen molar-refractivity contribution in [3.8, 4) is 0 Å². The van der Waals surface area contributed by atoms with E-state index in [1.54, 1.807) is 0 Å². The molecule has 5 nitrogen and oxygen atoms in total. The van der Waals surface area contributed by atoms with Crippen molar-refractivity contribution < 1.29 is 4.79 Å². The monoisotopic (exact) mass is 285 g/mol. The minimum absolute atomic E-state index is 0.199. The molecule has 0 aliphatic carbocycles. The second kappa shape index (κ2) is 6.35. The fourth-order valence-corrected chi connectivity index (χ4v) is 1.88. The molecule has 5 heteroatoms. The molecule has 2 aromatic rings. The Bertz CT molecular complexity index is 687. The lowest BCUT2D eigenvalue weighted by Gasteiger charge is -2.09. The van der Waals surface area contributed by atoms with E-state index < -0.39 is 0 Å². The molecule has 0 fully saturated rings. The zero-order valence-electron chi connectivity index (χ0n) is 12.5. The van der Waals surface area contributed by atoms with Gasteiger partial charge < -0.3 is 5.32 Å². The van der Waals surface area contributed by atoms with Gasteiger partial charge in [-0.3, -0.25) is 9.59 Å². The SMILES string of the molecule is Cc1ccc(NC(=O)c2ccc(=O)n(CC(C)C)n2)cc1. The first-order valence-electron chi connectivity index (χ1n) is 6.92. The largest absolute Gasteiger partial charge is 0.321 e. The van der Waals surface area contributed by atoms with Gasteiger partial charge in [-0.15, -0.1) is 0 Å². The van der Waals surface area contributed by atoms with E-state index in [0.717, 1.165) is 5.56 Å². The Hall–Kier alpha value is -2.43. The predicted molar refractivity (Wildman–Crippen MR) is 82.5 cm³/mol.